The van der Waals surface area contributed by atoms with Crippen LogP contribution in [0.1, 0.15) is 58.0 Å². The van der Waals surface area contributed by atoms with Crippen molar-refractivity contribution < 1.29 is 27.8 Å². The van der Waals surface area contributed by atoms with Crippen LogP contribution in [0.25, 0.3) is 0 Å². The maximum atomic E-state index is 13.0. The number of piperidine rings is 1. The van der Waals surface area contributed by atoms with Crippen LogP contribution in [0.2, 0.25) is 0 Å². The van der Waals surface area contributed by atoms with Crippen molar-refractivity contribution in [1.82, 2.24) is 14.8 Å². The Balaban J connectivity index is 1.45. The molecule has 0 spiro atoms. The molecule has 2 aromatic rings. The molecular weight excluding hydrogens is 473 g/mol. The number of carbonyl (C=O) groups is 1. The fraction of sp³-hybridized carbons (Fsp3) is 0.538. The molecule has 3 heterocycles. The van der Waals surface area contributed by atoms with Gasteiger partial charge in [-0.2, -0.15) is 13.2 Å². The molecule has 0 saturated carbocycles. The average molecular weight is 507 g/mol. The van der Waals surface area contributed by atoms with Gasteiger partial charge in [-0.15, -0.1) is 0 Å². The number of nitrogens with zero attached hydrogens (tertiary/aromatic N) is 3. The van der Waals surface area contributed by atoms with E-state index in [0.717, 1.165) is 48.4 Å². The number of piperazine rings is 1. The summed E-state index contributed by atoms with van der Waals surface area (Å²) in [5.74, 6) is 0.447. The van der Waals surface area contributed by atoms with Gasteiger partial charge in [0.15, 0.2) is 0 Å². The van der Waals surface area contributed by atoms with Gasteiger partial charge in [0.1, 0.15) is 24.2 Å². The van der Waals surface area contributed by atoms with Crippen molar-refractivity contribution in [2.45, 2.75) is 57.5 Å². The summed E-state index contributed by atoms with van der Waals surface area (Å²) in [5.41, 5.74) is 8.05. The van der Waals surface area contributed by atoms with Crippen molar-refractivity contribution in [2.24, 2.45) is 5.73 Å². The maximum absolute atomic E-state index is 13.0. The molecule has 196 valence electrons. The molecule has 2 aliphatic heterocycles. The number of nitrogens with two attached hydrogens (primary N) is 1. The molecule has 3 atom stereocenters. The summed E-state index contributed by atoms with van der Waals surface area (Å²) in [5, 5.41) is 9.71. The molecule has 3 N–H and O–H groups in total. The Bertz CT molecular complexity index is 1080. The number of aromatic nitrogens is 1. The van der Waals surface area contributed by atoms with Gasteiger partial charge in [-0.1, -0.05) is 6.07 Å². The van der Waals surface area contributed by atoms with Crippen LogP contribution in [0.15, 0.2) is 30.5 Å². The molecule has 1 amide bonds. The van der Waals surface area contributed by atoms with Crippen LogP contribution in [0, 0.1) is 13.8 Å². The van der Waals surface area contributed by atoms with E-state index >= 15 is 0 Å². The van der Waals surface area contributed by atoms with E-state index in [1.807, 2.05) is 13.0 Å². The van der Waals surface area contributed by atoms with E-state index in [2.05, 4.69) is 22.9 Å². The van der Waals surface area contributed by atoms with E-state index in [4.69, 9.17) is 10.5 Å². The van der Waals surface area contributed by atoms with Crippen LogP contribution in [-0.2, 0) is 6.18 Å². The van der Waals surface area contributed by atoms with E-state index in [1.54, 1.807) is 4.90 Å². The van der Waals surface area contributed by atoms with Crippen LogP contribution in [0.5, 0.6) is 5.75 Å². The van der Waals surface area contributed by atoms with E-state index in [0.29, 0.717) is 19.6 Å². The standard InChI is InChI=1S/C26H33F3N4O3/c1-16-17(2)23(36-15-20(34)12-30)8-7-21(16)22-5-3-4-19-14-32(10-11-33(19)22)25(35)18-6-9-24(31-13-18)26(27,28)29/h6-9,13,19-20,22,34H,3-5,10-12,14-15,30H2,1-2H3/t19-,20+,22+/m0/s1. The number of fused-ring (bicyclic) bond motifs is 1. The van der Waals surface area contributed by atoms with Crippen molar-refractivity contribution >= 4 is 5.91 Å². The maximum Gasteiger partial charge on any atom is 0.433 e. The Morgan fingerprint density at radius 3 is 2.64 bits per heavy atom. The normalized spacial score (nSPS) is 21.7. The predicted octanol–water partition coefficient (Wildman–Crippen LogP) is 3.47. The second-order valence-electron chi connectivity index (χ2n) is 9.62. The second-order valence-corrected chi connectivity index (χ2v) is 9.62. The number of carbonyl (C=O) groups excluding carboxylic acids is 1. The zero-order valence-electron chi connectivity index (χ0n) is 20.6. The molecule has 0 radical (unpaired) electrons. The highest BCUT2D eigenvalue weighted by atomic mass is 19.4. The molecule has 2 saturated heterocycles. The summed E-state index contributed by atoms with van der Waals surface area (Å²) in [6.07, 6.45) is -1.22. The first-order valence-electron chi connectivity index (χ1n) is 12.3. The molecule has 0 aliphatic carbocycles. The van der Waals surface area contributed by atoms with Crippen molar-refractivity contribution in [3.63, 3.8) is 0 Å². The highest BCUT2D eigenvalue weighted by Crippen LogP contribution is 2.39. The van der Waals surface area contributed by atoms with Gasteiger partial charge in [-0.25, -0.2) is 0 Å². The zero-order valence-corrected chi connectivity index (χ0v) is 20.6. The summed E-state index contributed by atoms with van der Waals surface area (Å²) in [7, 11) is 0. The fourth-order valence-corrected chi connectivity index (χ4v) is 5.23. The summed E-state index contributed by atoms with van der Waals surface area (Å²) in [6.45, 7) is 6.11. The van der Waals surface area contributed by atoms with Crippen molar-refractivity contribution in [3.8, 4) is 5.75 Å². The lowest BCUT2D eigenvalue weighted by atomic mass is 9.86. The third kappa shape index (κ3) is 5.50. The first-order valence-corrected chi connectivity index (χ1v) is 12.3. The minimum absolute atomic E-state index is 0.142. The number of rotatable bonds is 6. The molecule has 4 rings (SSSR count). The minimum atomic E-state index is -4.53. The van der Waals surface area contributed by atoms with Gasteiger partial charge in [0.2, 0.25) is 0 Å². The monoisotopic (exact) mass is 506 g/mol. The highest BCUT2D eigenvalue weighted by Gasteiger charge is 2.38. The van der Waals surface area contributed by atoms with Crippen LogP contribution in [0.4, 0.5) is 13.2 Å². The smallest absolute Gasteiger partial charge is 0.433 e. The molecule has 2 aliphatic rings. The number of aliphatic hydroxyl groups is 1. The first-order chi connectivity index (χ1) is 17.1. The summed E-state index contributed by atoms with van der Waals surface area (Å²) >= 11 is 0. The molecule has 10 heteroatoms. The number of benzene rings is 1. The Morgan fingerprint density at radius 1 is 1.19 bits per heavy atom. The molecular formula is C26H33F3N4O3. The fourth-order valence-electron chi connectivity index (χ4n) is 5.23. The molecule has 1 aromatic heterocycles. The zero-order chi connectivity index (χ0) is 26.0. The third-order valence-corrected chi connectivity index (χ3v) is 7.37. The third-order valence-electron chi connectivity index (χ3n) is 7.37. The van der Waals surface area contributed by atoms with Gasteiger partial charge in [0.25, 0.3) is 5.91 Å². The number of halogens is 3. The molecule has 1 aromatic carbocycles. The van der Waals surface area contributed by atoms with Gasteiger partial charge in [-0.3, -0.25) is 14.7 Å². The quantitative estimate of drug-likeness (QED) is 0.624. The topological polar surface area (TPSA) is 91.9 Å². The Labute approximate surface area is 209 Å². The van der Waals surface area contributed by atoms with Crippen molar-refractivity contribution in [1.29, 1.82) is 0 Å². The number of ether oxygens (including phenoxy) is 1. The summed E-state index contributed by atoms with van der Waals surface area (Å²) < 4.78 is 44.2. The van der Waals surface area contributed by atoms with Gasteiger partial charge < -0.3 is 20.5 Å². The van der Waals surface area contributed by atoms with Crippen LogP contribution < -0.4 is 10.5 Å². The number of alkyl halides is 3. The molecule has 0 unspecified atom stereocenters. The first kappa shape index (κ1) is 26.4. The average Bonchev–Trinajstić information content (AvgIpc) is 2.88. The number of aliphatic hydroxyl groups excluding tert-OH is 1. The number of hydrogen-bond acceptors (Lipinski definition) is 6. The lowest BCUT2D eigenvalue weighted by molar-refractivity contribution is -0.141. The molecule has 7 nitrogen and oxygen atoms in total. The van der Waals surface area contributed by atoms with Gasteiger partial charge >= 0.3 is 6.18 Å². The Kier molecular flexibility index (Phi) is 7.87. The summed E-state index contributed by atoms with van der Waals surface area (Å²) in [6, 6.07) is 6.49. The van der Waals surface area contributed by atoms with E-state index in [9.17, 15) is 23.1 Å². The van der Waals surface area contributed by atoms with E-state index in [1.165, 1.54) is 11.6 Å². The molecule has 36 heavy (non-hydrogen) atoms. The highest BCUT2D eigenvalue weighted by molar-refractivity contribution is 5.94. The molecule has 0 bridgehead atoms. The van der Waals surface area contributed by atoms with Crippen LogP contribution in [-0.4, -0.2) is 70.7 Å². The minimum Gasteiger partial charge on any atom is -0.491 e. The van der Waals surface area contributed by atoms with Crippen molar-refractivity contribution in [3.05, 3.63) is 58.4 Å². The van der Waals surface area contributed by atoms with Gasteiger partial charge in [0.05, 0.1) is 5.56 Å². The van der Waals surface area contributed by atoms with Gasteiger partial charge in [-0.05, 0) is 68.0 Å². The Morgan fingerprint density at radius 2 is 1.97 bits per heavy atom. The number of pyridine rings is 1. The van der Waals surface area contributed by atoms with E-state index in [-0.39, 0.29) is 36.7 Å². The van der Waals surface area contributed by atoms with Crippen LogP contribution in [0.3, 0.4) is 0 Å². The lowest BCUT2D eigenvalue weighted by Gasteiger charge is -2.48. The van der Waals surface area contributed by atoms with Gasteiger partial charge in [0, 0.05) is 44.5 Å². The second kappa shape index (κ2) is 10.7. The SMILES string of the molecule is Cc1c(OC[C@H](O)CN)ccc([C@H]2CCC[C@H]3CN(C(=O)c4ccc(C(F)(F)F)nc4)CCN32)c1C. The predicted molar refractivity (Wildman–Crippen MR) is 129 cm³/mol. The number of amides is 1. The lowest BCUT2D eigenvalue weighted by Crippen LogP contribution is -2.57. The summed E-state index contributed by atoms with van der Waals surface area (Å²) in [4.78, 5) is 20.6. The largest absolute Gasteiger partial charge is 0.491 e. The van der Waals surface area contributed by atoms with Crippen LogP contribution >= 0.6 is 0 Å². The molecule has 2 fully saturated rings. The van der Waals surface area contributed by atoms with Crippen molar-refractivity contribution in [2.75, 3.05) is 32.8 Å². The van der Waals surface area contributed by atoms with E-state index < -0.39 is 18.0 Å². The Hall–Kier alpha value is -2.69. The number of hydrogen-bond donors (Lipinski definition) is 2.